The minimum absolute atomic E-state index is 0. The van der Waals surface area contributed by atoms with Crippen LogP contribution in [0, 0.1) is 5.82 Å². The van der Waals surface area contributed by atoms with Gasteiger partial charge < -0.3 is 5.73 Å². The number of nitrogens with two attached hydrogens (primary N) is 1. The Labute approximate surface area is 71.0 Å². The summed E-state index contributed by atoms with van der Waals surface area (Å²) >= 11 is 0. The zero-order valence-corrected chi connectivity index (χ0v) is 6.77. The van der Waals surface area contributed by atoms with Crippen LogP contribution in [-0.4, -0.2) is 11.5 Å². The van der Waals surface area contributed by atoms with Crippen LogP contribution in [-0.2, 0) is 6.42 Å². The first kappa shape index (κ1) is 10.3. The normalized spacial score (nSPS) is 8.91. The van der Waals surface area contributed by atoms with Crippen molar-refractivity contribution in [2.75, 3.05) is 6.54 Å². The summed E-state index contributed by atoms with van der Waals surface area (Å²) in [5, 5.41) is 0. The number of nitrogens with zero attached hydrogens (tertiary/aromatic N) is 1. The van der Waals surface area contributed by atoms with Gasteiger partial charge in [0, 0.05) is 12.1 Å². The summed E-state index contributed by atoms with van der Waals surface area (Å²) in [7, 11) is 0. The number of aromatic nitrogens is 1. The van der Waals surface area contributed by atoms with Gasteiger partial charge in [0.1, 0.15) is 5.82 Å². The van der Waals surface area contributed by atoms with Gasteiger partial charge in [0.15, 0.2) is 0 Å². The molecule has 0 aliphatic carbocycles. The molecule has 62 valence electrons. The summed E-state index contributed by atoms with van der Waals surface area (Å²) in [6.45, 7) is 0.554. The second-order valence-electron chi connectivity index (χ2n) is 2.01. The molecule has 0 aromatic carbocycles. The lowest BCUT2D eigenvalue weighted by molar-refractivity contribution is 0.619. The molecule has 0 radical (unpaired) electrons. The third-order valence-corrected chi connectivity index (χ3v) is 1.19. The first-order valence-corrected chi connectivity index (χ1v) is 3.13. The molecule has 1 aromatic rings. The smallest absolute Gasteiger partial charge is 0.141 e. The first-order valence-electron chi connectivity index (χ1n) is 3.13. The Bertz CT molecular complexity index is 200. The van der Waals surface area contributed by atoms with Gasteiger partial charge in [0.2, 0.25) is 0 Å². The van der Waals surface area contributed by atoms with E-state index in [9.17, 15) is 4.39 Å². The quantitative estimate of drug-likeness (QED) is 0.734. The standard InChI is InChI=1S/C7H9FN2.ClH/c8-6-1-2-7(3-4-9)10-5-6;/h1-2,5H,3-4,9H2;1H. The van der Waals surface area contributed by atoms with Crippen LogP contribution < -0.4 is 5.73 Å². The van der Waals surface area contributed by atoms with Crippen molar-refractivity contribution in [3.63, 3.8) is 0 Å². The van der Waals surface area contributed by atoms with Gasteiger partial charge in [-0.2, -0.15) is 0 Å². The second kappa shape index (κ2) is 5.04. The van der Waals surface area contributed by atoms with E-state index in [0.717, 1.165) is 5.69 Å². The van der Waals surface area contributed by atoms with E-state index in [-0.39, 0.29) is 18.2 Å². The number of hydrogen-bond donors (Lipinski definition) is 1. The molecule has 0 amide bonds. The predicted octanol–water partition coefficient (Wildman–Crippen LogP) is 1.14. The maximum Gasteiger partial charge on any atom is 0.141 e. The Kier molecular flexibility index (Phi) is 4.74. The summed E-state index contributed by atoms with van der Waals surface area (Å²) in [4.78, 5) is 3.81. The molecule has 0 atom stereocenters. The molecule has 0 unspecified atom stereocenters. The Morgan fingerprint density at radius 3 is 2.64 bits per heavy atom. The van der Waals surface area contributed by atoms with Crippen molar-refractivity contribution in [1.82, 2.24) is 4.98 Å². The summed E-state index contributed by atoms with van der Waals surface area (Å²) in [5.74, 6) is -0.305. The van der Waals surface area contributed by atoms with Crippen LogP contribution in [0.25, 0.3) is 0 Å². The van der Waals surface area contributed by atoms with Gasteiger partial charge >= 0.3 is 0 Å². The van der Waals surface area contributed by atoms with Crippen molar-refractivity contribution in [1.29, 1.82) is 0 Å². The van der Waals surface area contributed by atoms with Gasteiger partial charge in [-0.15, -0.1) is 12.4 Å². The van der Waals surface area contributed by atoms with Crippen molar-refractivity contribution in [2.24, 2.45) is 5.73 Å². The fourth-order valence-corrected chi connectivity index (χ4v) is 0.702. The lowest BCUT2D eigenvalue weighted by Crippen LogP contribution is -2.03. The molecule has 0 spiro atoms. The van der Waals surface area contributed by atoms with Gasteiger partial charge in [0.05, 0.1) is 6.20 Å². The van der Waals surface area contributed by atoms with Crippen LogP contribution in [0.15, 0.2) is 18.3 Å². The molecule has 0 aliphatic heterocycles. The van der Waals surface area contributed by atoms with E-state index in [1.807, 2.05) is 0 Å². The maximum absolute atomic E-state index is 12.2. The lowest BCUT2D eigenvalue weighted by Gasteiger charge is -1.94. The molecular weight excluding hydrogens is 167 g/mol. The molecule has 0 saturated carbocycles. The third-order valence-electron chi connectivity index (χ3n) is 1.19. The first-order chi connectivity index (χ1) is 4.83. The second-order valence-corrected chi connectivity index (χ2v) is 2.01. The highest BCUT2D eigenvalue weighted by Crippen LogP contribution is 1.97. The Hall–Kier alpha value is -0.670. The van der Waals surface area contributed by atoms with E-state index in [2.05, 4.69) is 4.98 Å². The lowest BCUT2D eigenvalue weighted by atomic mass is 10.3. The van der Waals surface area contributed by atoms with Crippen molar-refractivity contribution in [3.05, 3.63) is 29.8 Å². The minimum Gasteiger partial charge on any atom is -0.330 e. The Morgan fingerprint density at radius 1 is 1.45 bits per heavy atom. The van der Waals surface area contributed by atoms with E-state index >= 15 is 0 Å². The van der Waals surface area contributed by atoms with Gasteiger partial charge in [-0.25, -0.2) is 4.39 Å². The maximum atomic E-state index is 12.2. The summed E-state index contributed by atoms with van der Waals surface area (Å²) < 4.78 is 12.2. The summed E-state index contributed by atoms with van der Waals surface area (Å²) in [6.07, 6.45) is 1.91. The molecule has 2 N–H and O–H groups in total. The monoisotopic (exact) mass is 176 g/mol. The van der Waals surface area contributed by atoms with E-state index in [4.69, 9.17) is 5.73 Å². The van der Waals surface area contributed by atoms with Crippen LogP contribution in [0.3, 0.4) is 0 Å². The molecule has 11 heavy (non-hydrogen) atoms. The van der Waals surface area contributed by atoms with E-state index < -0.39 is 0 Å². The highest BCUT2D eigenvalue weighted by molar-refractivity contribution is 5.85. The van der Waals surface area contributed by atoms with Crippen LogP contribution in [0.1, 0.15) is 5.69 Å². The molecular formula is C7H10ClFN2. The Morgan fingerprint density at radius 2 is 2.18 bits per heavy atom. The highest BCUT2D eigenvalue weighted by Gasteiger charge is 1.91. The summed E-state index contributed by atoms with van der Waals surface area (Å²) in [6, 6.07) is 3.03. The zero-order valence-electron chi connectivity index (χ0n) is 5.96. The van der Waals surface area contributed by atoms with E-state index in [0.29, 0.717) is 13.0 Å². The van der Waals surface area contributed by atoms with Crippen LogP contribution in [0.4, 0.5) is 4.39 Å². The average molecular weight is 177 g/mol. The van der Waals surface area contributed by atoms with Gasteiger partial charge in [-0.1, -0.05) is 0 Å². The van der Waals surface area contributed by atoms with Gasteiger partial charge in [-0.05, 0) is 18.7 Å². The van der Waals surface area contributed by atoms with Crippen LogP contribution in [0.5, 0.6) is 0 Å². The minimum atomic E-state index is -0.305. The molecule has 0 aliphatic rings. The zero-order chi connectivity index (χ0) is 7.40. The van der Waals surface area contributed by atoms with Crippen LogP contribution in [0.2, 0.25) is 0 Å². The van der Waals surface area contributed by atoms with E-state index in [1.165, 1.54) is 12.3 Å². The van der Waals surface area contributed by atoms with Crippen molar-refractivity contribution in [3.8, 4) is 0 Å². The number of hydrogen-bond acceptors (Lipinski definition) is 2. The molecule has 0 bridgehead atoms. The number of pyridine rings is 1. The summed E-state index contributed by atoms with van der Waals surface area (Å²) in [5.41, 5.74) is 6.10. The molecule has 1 rings (SSSR count). The van der Waals surface area contributed by atoms with Crippen LogP contribution >= 0.6 is 12.4 Å². The molecule has 1 aromatic heterocycles. The van der Waals surface area contributed by atoms with Gasteiger partial charge in [0.25, 0.3) is 0 Å². The van der Waals surface area contributed by atoms with Crippen molar-refractivity contribution >= 4 is 12.4 Å². The molecule has 0 fully saturated rings. The average Bonchev–Trinajstić information content (AvgIpc) is 1.95. The van der Waals surface area contributed by atoms with Crippen molar-refractivity contribution < 1.29 is 4.39 Å². The van der Waals surface area contributed by atoms with Gasteiger partial charge in [-0.3, -0.25) is 4.98 Å². The van der Waals surface area contributed by atoms with Crippen molar-refractivity contribution in [2.45, 2.75) is 6.42 Å². The molecule has 0 saturated heterocycles. The number of halogens is 2. The highest BCUT2D eigenvalue weighted by atomic mass is 35.5. The predicted molar refractivity (Wildman–Crippen MR) is 44.2 cm³/mol. The Balaban J connectivity index is 0.000001000. The third kappa shape index (κ3) is 3.30. The topological polar surface area (TPSA) is 38.9 Å². The molecule has 1 heterocycles. The molecule has 4 heteroatoms. The SMILES string of the molecule is Cl.NCCc1ccc(F)cn1. The fourth-order valence-electron chi connectivity index (χ4n) is 0.702. The largest absolute Gasteiger partial charge is 0.330 e. The number of rotatable bonds is 2. The fraction of sp³-hybridized carbons (Fsp3) is 0.286. The van der Waals surface area contributed by atoms with E-state index in [1.54, 1.807) is 6.07 Å². The molecule has 2 nitrogen and oxygen atoms in total.